The summed E-state index contributed by atoms with van der Waals surface area (Å²) in [4.78, 5) is 0. The first-order valence-electron chi connectivity index (χ1n) is 10.7. The van der Waals surface area contributed by atoms with Crippen molar-refractivity contribution in [2.24, 2.45) is 11.8 Å². The number of aryl methyl sites for hydroxylation is 1. The van der Waals surface area contributed by atoms with Crippen molar-refractivity contribution in [3.05, 3.63) is 66.0 Å². The van der Waals surface area contributed by atoms with Gasteiger partial charge in [-0.15, -0.1) is 13.2 Å². The van der Waals surface area contributed by atoms with E-state index in [1.807, 2.05) is 30.3 Å². The molecule has 3 rings (SSSR count). The van der Waals surface area contributed by atoms with Gasteiger partial charge in [0, 0.05) is 0 Å². The van der Waals surface area contributed by atoms with Crippen molar-refractivity contribution >= 4 is 0 Å². The Morgan fingerprint density at radius 1 is 0.871 bits per heavy atom. The van der Waals surface area contributed by atoms with Crippen LogP contribution in [0, 0.1) is 17.7 Å². The van der Waals surface area contributed by atoms with Crippen LogP contribution in [-0.4, -0.2) is 13.0 Å². The summed E-state index contributed by atoms with van der Waals surface area (Å²) in [5.74, 6) is -0.501. The minimum atomic E-state index is -4.92. The van der Waals surface area contributed by atoms with E-state index >= 15 is 0 Å². The lowest BCUT2D eigenvalue weighted by atomic mass is 9.78. The molecule has 0 radical (unpaired) electrons. The molecule has 0 amide bonds. The SMILES string of the molecule is FC/C=C/CC1CCC(CCc2ccc(-c3ccc(OC(F)(F)F)c(F)c3)cc2)CC1. The summed E-state index contributed by atoms with van der Waals surface area (Å²) in [6.07, 6.45) is 6.48. The van der Waals surface area contributed by atoms with Crippen molar-refractivity contribution < 1.29 is 26.7 Å². The summed E-state index contributed by atoms with van der Waals surface area (Å²) >= 11 is 0. The Hall–Kier alpha value is -2.37. The minimum Gasteiger partial charge on any atom is -0.403 e. The van der Waals surface area contributed by atoms with Crippen LogP contribution in [0.2, 0.25) is 0 Å². The molecule has 1 nitrogen and oxygen atoms in total. The van der Waals surface area contributed by atoms with Gasteiger partial charge in [-0.3, -0.25) is 0 Å². The molecule has 1 saturated carbocycles. The van der Waals surface area contributed by atoms with Crippen molar-refractivity contribution in [1.82, 2.24) is 0 Å². The molecular weight excluding hydrogens is 411 g/mol. The monoisotopic (exact) mass is 438 g/mol. The predicted octanol–water partition coefficient (Wildman–Crippen LogP) is 8.05. The van der Waals surface area contributed by atoms with Gasteiger partial charge < -0.3 is 4.74 Å². The summed E-state index contributed by atoms with van der Waals surface area (Å²) in [5, 5.41) is 0. The van der Waals surface area contributed by atoms with Crippen molar-refractivity contribution in [2.45, 2.75) is 51.3 Å². The Kier molecular flexibility index (Phi) is 8.10. The molecule has 0 heterocycles. The molecule has 168 valence electrons. The highest BCUT2D eigenvalue weighted by Crippen LogP contribution is 2.34. The van der Waals surface area contributed by atoms with Crippen molar-refractivity contribution in [3.8, 4) is 16.9 Å². The van der Waals surface area contributed by atoms with E-state index in [1.165, 1.54) is 37.3 Å². The first kappa shape index (κ1) is 23.3. The van der Waals surface area contributed by atoms with E-state index in [0.29, 0.717) is 17.4 Å². The fourth-order valence-corrected chi connectivity index (χ4v) is 4.23. The third-order valence-corrected chi connectivity index (χ3v) is 5.98. The van der Waals surface area contributed by atoms with Crippen LogP contribution in [0.1, 0.15) is 44.1 Å². The van der Waals surface area contributed by atoms with Gasteiger partial charge in [-0.2, -0.15) is 0 Å². The van der Waals surface area contributed by atoms with Crippen LogP contribution in [-0.2, 0) is 6.42 Å². The molecule has 0 N–H and O–H groups in total. The maximum absolute atomic E-state index is 13.9. The van der Waals surface area contributed by atoms with Crippen LogP contribution in [0.25, 0.3) is 11.1 Å². The molecule has 1 aliphatic rings. The number of halogens is 5. The van der Waals surface area contributed by atoms with Gasteiger partial charge >= 0.3 is 6.36 Å². The smallest absolute Gasteiger partial charge is 0.403 e. The molecule has 2 aromatic carbocycles. The third-order valence-electron chi connectivity index (χ3n) is 5.98. The van der Waals surface area contributed by atoms with Gasteiger partial charge in [0.1, 0.15) is 6.67 Å². The summed E-state index contributed by atoms with van der Waals surface area (Å²) in [5.41, 5.74) is 2.43. The van der Waals surface area contributed by atoms with E-state index in [0.717, 1.165) is 37.0 Å². The Labute approximate surface area is 179 Å². The lowest BCUT2D eigenvalue weighted by Gasteiger charge is -2.28. The molecule has 0 unspecified atom stereocenters. The second kappa shape index (κ2) is 10.8. The van der Waals surface area contributed by atoms with E-state index < -0.39 is 17.9 Å². The molecule has 0 atom stereocenters. The quantitative estimate of drug-likeness (QED) is 0.299. The first-order chi connectivity index (χ1) is 14.8. The number of benzene rings is 2. The third kappa shape index (κ3) is 7.37. The van der Waals surface area contributed by atoms with Crippen LogP contribution >= 0.6 is 0 Å². The summed E-state index contributed by atoms with van der Waals surface area (Å²) in [7, 11) is 0. The molecule has 6 heteroatoms. The molecule has 0 aromatic heterocycles. The zero-order valence-electron chi connectivity index (χ0n) is 17.3. The maximum atomic E-state index is 13.9. The first-order valence-corrected chi connectivity index (χ1v) is 10.7. The van der Waals surface area contributed by atoms with Crippen LogP contribution in [0.15, 0.2) is 54.6 Å². The minimum absolute atomic E-state index is 0.388. The number of rotatable bonds is 8. The van der Waals surface area contributed by atoms with Gasteiger partial charge in [-0.05, 0) is 72.8 Å². The number of allylic oxidation sites excluding steroid dienone is 2. The average molecular weight is 438 g/mol. The predicted molar refractivity (Wildman–Crippen MR) is 112 cm³/mol. The largest absolute Gasteiger partial charge is 0.573 e. The number of hydrogen-bond donors (Lipinski definition) is 0. The maximum Gasteiger partial charge on any atom is 0.573 e. The van der Waals surface area contributed by atoms with E-state index in [9.17, 15) is 22.0 Å². The van der Waals surface area contributed by atoms with Crippen LogP contribution in [0.3, 0.4) is 0 Å². The molecule has 1 aliphatic carbocycles. The standard InChI is InChI=1S/C25H27F5O/c26-16-2-1-3-18-4-6-19(7-5-18)8-9-20-10-12-21(13-11-20)22-14-15-24(23(27)17-22)31-25(28,29)30/h1-2,10-15,17-19H,3-9,16H2/b2-1+. The van der Waals surface area contributed by atoms with E-state index in [-0.39, 0.29) is 6.67 Å². The molecule has 0 bridgehead atoms. The second-order valence-electron chi connectivity index (χ2n) is 8.18. The Morgan fingerprint density at radius 3 is 2.13 bits per heavy atom. The van der Waals surface area contributed by atoms with E-state index in [1.54, 1.807) is 6.08 Å². The van der Waals surface area contributed by atoms with Crippen molar-refractivity contribution in [3.63, 3.8) is 0 Å². The van der Waals surface area contributed by atoms with Crippen LogP contribution in [0.4, 0.5) is 22.0 Å². The van der Waals surface area contributed by atoms with E-state index in [2.05, 4.69) is 4.74 Å². The zero-order chi connectivity index (χ0) is 22.3. The lowest BCUT2D eigenvalue weighted by Crippen LogP contribution is -2.17. The molecule has 2 aromatic rings. The van der Waals surface area contributed by atoms with Gasteiger partial charge in [-0.1, -0.05) is 55.3 Å². The van der Waals surface area contributed by atoms with Crippen molar-refractivity contribution in [2.75, 3.05) is 6.67 Å². The summed E-state index contributed by atoms with van der Waals surface area (Å²) < 4.78 is 66.6. The lowest BCUT2D eigenvalue weighted by molar-refractivity contribution is -0.275. The average Bonchev–Trinajstić information content (AvgIpc) is 2.74. The van der Waals surface area contributed by atoms with Gasteiger partial charge in [-0.25, -0.2) is 8.78 Å². The fourth-order valence-electron chi connectivity index (χ4n) is 4.23. The molecule has 1 fully saturated rings. The Balaban J connectivity index is 1.50. The topological polar surface area (TPSA) is 9.23 Å². The Morgan fingerprint density at radius 2 is 1.52 bits per heavy atom. The van der Waals surface area contributed by atoms with Gasteiger partial charge in [0.2, 0.25) is 0 Å². The summed E-state index contributed by atoms with van der Waals surface area (Å²) in [6, 6.07) is 11.2. The molecule has 0 aliphatic heterocycles. The zero-order valence-corrected chi connectivity index (χ0v) is 17.3. The molecular formula is C25H27F5O. The number of ether oxygens (including phenoxy) is 1. The van der Waals surface area contributed by atoms with E-state index in [4.69, 9.17) is 0 Å². The second-order valence-corrected chi connectivity index (χ2v) is 8.18. The Bertz CT molecular complexity index is 849. The fraction of sp³-hybridized carbons (Fsp3) is 0.440. The highest BCUT2D eigenvalue weighted by molar-refractivity contribution is 5.64. The van der Waals surface area contributed by atoms with Gasteiger partial charge in [0.15, 0.2) is 11.6 Å². The highest BCUT2D eigenvalue weighted by atomic mass is 19.4. The van der Waals surface area contributed by atoms with Crippen LogP contribution in [0.5, 0.6) is 5.75 Å². The molecule has 31 heavy (non-hydrogen) atoms. The highest BCUT2D eigenvalue weighted by Gasteiger charge is 2.32. The summed E-state index contributed by atoms with van der Waals surface area (Å²) in [6.45, 7) is -0.388. The van der Waals surface area contributed by atoms with Gasteiger partial charge in [0.25, 0.3) is 0 Å². The molecule has 0 spiro atoms. The van der Waals surface area contributed by atoms with Crippen LogP contribution < -0.4 is 4.74 Å². The number of hydrogen-bond acceptors (Lipinski definition) is 1. The molecule has 0 saturated heterocycles. The van der Waals surface area contributed by atoms with Crippen molar-refractivity contribution in [1.29, 1.82) is 0 Å². The number of alkyl halides is 4. The van der Waals surface area contributed by atoms with Gasteiger partial charge in [0.05, 0.1) is 0 Å². The normalized spacial score (nSPS) is 19.6.